The Hall–Kier alpha value is -0.690. The van der Waals surface area contributed by atoms with Crippen LogP contribution in [0.25, 0.3) is 0 Å². The summed E-state index contributed by atoms with van der Waals surface area (Å²) in [6.45, 7) is 4.05. The van der Waals surface area contributed by atoms with Gasteiger partial charge >= 0.3 is 0 Å². The third kappa shape index (κ3) is 5.44. The molecular formula is C13H26N2O4. The zero-order valence-electron chi connectivity index (χ0n) is 11.8. The van der Waals surface area contributed by atoms with Crippen LogP contribution >= 0.6 is 0 Å². The van der Waals surface area contributed by atoms with E-state index < -0.39 is 5.41 Å². The summed E-state index contributed by atoms with van der Waals surface area (Å²) in [6, 6.07) is 0. The second-order valence-electron chi connectivity index (χ2n) is 4.81. The van der Waals surface area contributed by atoms with Crippen LogP contribution in [0.4, 0.5) is 0 Å². The molecule has 0 aromatic carbocycles. The normalized spacial score (nSPS) is 18.2. The lowest BCUT2D eigenvalue weighted by molar-refractivity contribution is -0.135. The first-order valence-electron chi connectivity index (χ1n) is 6.88. The van der Waals surface area contributed by atoms with Crippen molar-refractivity contribution < 1.29 is 19.0 Å². The summed E-state index contributed by atoms with van der Waals surface area (Å²) in [5.41, 5.74) is 5.33. The second-order valence-corrected chi connectivity index (χ2v) is 4.81. The van der Waals surface area contributed by atoms with Gasteiger partial charge in [-0.2, -0.15) is 0 Å². The smallest absolute Gasteiger partial charge is 0.227 e. The molecule has 1 fully saturated rings. The molecule has 1 aliphatic heterocycles. The summed E-state index contributed by atoms with van der Waals surface area (Å²) in [6.07, 6.45) is 2.21. The fourth-order valence-corrected chi connectivity index (χ4v) is 2.09. The molecule has 0 aromatic rings. The van der Waals surface area contributed by atoms with Crippen molar-refractivity contribution >= 4 is 5.91 Å². The van der Waals surface area contributed by atoms with E-state index in [-0.39, 0.29) is 5.91 Å². The maximum absolute atomic E-state index is 12.2. The van der Waals surface area contributed by atoms with Gasteiger partial charge in [-0.3, -0.25) is 4.79 Å². The summed E-state index contributed by atoms with van der Waals surface area (Å²) in [4.78, 5) is 12.2. The fourth-order valence-electron chi connectivity index (χ4n) is 2.09. The van der Waals surface area contributed by atoms with Gasteiger partial charge in [0.05, 0.1) is 18.6 Å². The lowest BCUT2D eigenvalue weighted by Gasteiger charge is -2.34. The molecule has 0 saturated carbocycles. The van der Waals surface area contributed by atoms with Crippen molar-refractivity contribution in [2.75, 3.05) is 53.2 Å². The van der Waals surface area contributed by atoms with Gasteiger partial charge in [0.1, 0.15) is 0 Å². The number of methoxy groups -OCH3 is 1. The Balaban J connectivity index is 2.15. The molecule has 0 aliphatic carbocycles. The van der Waals surface area contributed by atoms with Crippen molar-refractivity contribution in [1.29, 1.82) is 0 Å². The first kappa shape index (κ1) is 16.4. The number of rotatable bonds is 9. The largest absolute Gasteiger partial charge is 0.382 e. The molecule has 0 aromatic heterocycles. The van der Waals surface area contributed by atoms with Crippen LogP contribution < -0.4 is 11.1 Å². The summed E-state index contributed by atoms with van der Waals surface area (Å²) >= 11 is 0. The Morgan fingerprint density at radius 1 is 1.32 bits per heavy atom. The van der Waals surface area contributed by atoms with E-state index in [1.165, 1.54) is 0 Å². The molecule has 6 heteroatoms. The zero-order chi connectivity index (χ0) is 14.0. The Morgan fingerprint density at radius 2 is 2.05 bits per heavy atom. The Kier molecular flexibility index (Phi) is 7.97. The van der Waals surface area contributed by atoms with E-state index in [1.807, 2.05) is 0 Å². The molecule has 0 atom stereocenters. The number of carbonyl (C=O) groups excluding carboxylic acids is 1. The third-order valence-electron chi connectivity index (χ3n) is 3.51. The van der Waals surface area contributed by atoms with Crippen LogP contribution in [0.1, 0.15) is 19.3 Å². The molecular weight excluding hydrogens is 248 g/mol. The van der Waals surface area contributed by atoms with Crippen molar-refractivity contribution in [3.05, 3.63) is 0 Å². The Bertz CT molecular complexity index is 255. The Morgan fingerprint density at radius 3 is 2.68 bits per heavy atom. The Labute approximate surface area is 115 Å². The van der Waals surface area contributed by atoms with Gasteiger partial charge in [0, 0.05) is 40.0 Å². The molecule has 0 unspecified atom stereocenters. The van der Waals surface area contributed by atoms with Crippen LogP contribution in [0.3, 0.4) is 0 Å². The van der Waals surface area contributed by atoms with Crippen molar-refractivity contribution in [3.8, 4) is 0 Å². The van der Waals surface area contributed by atoms with Gasteiger partial charge in [-0.05, 0) is 19.3 Å². The van der Waals surface area contributed by atoms with E-state index in [4.69, 9.17) is 19.9 Å². The highest BCUT2D eigenvalue weighted by Gasteiger charge is 2.38. The van der Waals surface area contributed by atoms with Gasteiger partial charge in [0.2, 0.25) is 5.91 Å². The average Bonchev–Trinajstić information content (AvgIpc) is 2.46. The van der Waals surface area contributed by atoms with Gasteiger partial charge < -0.3 is 25.3 Å². The second kappa shape index (κ2) is 9.25. The highest BCUT2D eigenvalue weighted by molar-refractivity contribution is 5.83. The summed E-state index contributed by atoms with van der Waals surface area (Å²) in [5.74, 6) is 0.0511. The maximum atomic E-state index is 12.2. The van der Waals surface area contributed by atoms with Gasteiger partial charge in [-0.15, -0.1) is 0 Å². The van der Waals surface area contributed by atoms with Crippen LogP contribution in [0.15, 0.2) is 0 Å². The number of carbonyl (C=O) groups is 1. The molecule has 0 radical (unpaired) electrons. The van der Waals surface area contributed by atoms with E-state index in [0.717, 1.165) is 6.42 Å². The van der Waals surface area contributed by atoms with Crippen LogP contribution in [-0.2, 0) is 19.0 Å². The molecule has 0 spiro atoms. The number of amides is 1. The number of nitrogens with two attached hydrogens (primary N) is 1. The molecule has 1 saturated heterocycles. The zero-order valence-corrected chi connectivity index (χ0v) is 11.8. The molecule has 6 nitrogen and oxygen atoms in total. The van der Waals surface area contributed by atoms with Crippen LogP contribution in [-0.4, -0.2) is 59.1 Å². The summed E-state index contributed by atoms with van der Waals surface area (Å²) in [5, 5.41) is 2.95. The molecule has 1 amide bonds. The SMILES string of the molecule is COCCOCCCNC(=O)C1(CN)CCOCC1. The standard InChI is InChI=1S/C13H26N2O4/c1-17-9-10-18-6-2-5-15-12(16)13(11-14)3-7-19-8-4-13/h2-11,14H2,1H3,(H,15,16). The lowest BCUT2D eigenvalue weighted by atomic mass is 9.79. The minimum absolute atomic E-state index is 0.0511. The highest BCUT2D eigenvalue weighted by Crippen LogP contribution is 2.29. The predicted octanol–water partition coefficient (Wildman–Crippen LogP) is -0.0888. The van der Waals surface area contributed by atoms with Gasteiger partial charge in [-0.25, -0.2) is 0 Å². The number of ether oxygens (including phenoxy) is 3. The van der Waals surface area contributed by atoms with Crippen molar-refractivity contribution in [1.82, 2.24) is 5.32 Å². The monoisotopic (exact) mass is 274 g/mol. The number of nitrogens with one attached hydrogen (secondary N) is 1. The number of hydrogen-bond acceptors (Lipinski definition) is 5. The van der Waals surface area contributed by atoms with Gasteiger partial charge in [-0.1, -0.05) is 0 Å². The molecule has 19 heavy (non-hydrogen) atoms. The third-order valence-corrected chi connectivity index (χ3v) is 3.51. The van der Waals surface area contributed by atoms with Crippen LogP contribution in [0.2, 0.25) is 0 Å². The van der Waals surface area contributed by atoms with Crippen LogP contribution in [0, 0.1) is 5.41 Å². The first-order valence-corrected chi connectivity index (χ1v) is 6.88. The van der Waals surface area contributed by atoms with Crippen LogP contribution in [0.5, 0.6) is 0 Å². The predicted molar refractivity (Wildman–Crippen MR) is 71.9 cm³/mol. The van der Waals surface area contributed by atoms with Crippen molar-refractivity contribution in [2.24, 2.45) is 11.1 Å². The van der Waals surface area contributed by atoms with Crippen molar-refractivity contribution in [3.63, 3.8) is 0 Å². The van der Waals surface area contributed by atoms with Gasteiger partial charge in [0.15, 0.2) is 0 Å². The topological polar surface area (TPSA) is 82.8 Å². The van der Waals surface area contributed by atoms with Gasteiger partial charge in [0.25, 0.3) is 0 Å². The average molecular weight is 274 g/mol. The van der Waals surface area contributed by atoms with E-state index >= 15 is 0 Å². The van der Waals surface area contributed by atoms with E-state index in [2.05, 4.69) is 5.32 Å². The lowest BCUT2D eigenvalue weighted by Crippen LogP contribution is -2.49. The maximum Gasteiger partial charge on any atom is 0.227 e. The fraction of sp³-hybridized carbons (Fsp3) is 0.923. The van der Waals surface area contributed by atoms with Crippen molar-refractivity contribution in [2.45, 2.75) is 19.3 Å². The first-order chi connectivity index (χ1) is 9.25. The van der Waals surface area contributed by atoms with E-state index in [9.17, 15) is 4.79 Å². The van der Waals surface area contributed by atoms with E-state index in [0.29, 0.717) is 59.0 Å². The molecule has 112 valence electrons. The quantitative estimate of drug-likeness (QED) is 0.574. The molecule has 0 bridgehead atoms. The molecule has 1 heterocycles. The molecule has 1 rings (SSSR count). The van der Waals surface area contributed by atoms with E-state index in [1.54, 1.807) is 7.11 Å². The summed E-state index contributed by atoms with van der Waals surface area (Å²) in [7, 11) is 1.64. The minimum atomic E-state index is -0.435. The number of hydrogen-bond donors (Lipinski definition) is 2. The molecule has 3 N–H and O–H groups in total. The highest BCUT2D eigenvalue weighted by atomic mass is 16.5. The minimum Gasteiger partial charge on any atom is -0.382 e. The summed E-state index contributed by atoms with van der Waals surface area (Å²) < 4.78 is 15.5. The molecule has 1 aliphatic rings.